The van der Waals surface area contributed by atoms with E-state index >= 15 is 0 Å². The lowest BCUT2D eigenvalue weighted by atomic mass is 10.2. The summed E-state index contributed by atoms with van der Waals surface area (Å²) in [6.45, 7) is 6.89. The number of nitrogens with two attached hydrogens (primary N) is 1. The molecular formula is C20H38N4O. The van der Waals surface area contributed by atoms with Gasteiger partial charge in [-0.3, -0.25) is 5.32 Å². The molecule has 25 heavy (non-hydrogen) atoms. The highest BCUT2D eigenvalue weighted by atomic mass is 16.5. The highest BCUT2D eigenvalue weighted by Crippen LogP contribution is 2.12. The van der Waals surface area contributed by atoms with Crippen LogP contribution in [0.15, 0.2) is 24.3 Å². The summed E-state index contributed by atoms with van der Waals surface area (Å²) in [5.74, 6) is 0.940. The molecule has 0 spiro atoms. The van der Waals surface area contributed by atoms with Gasteiger partial charge >= 0.3 is 0 Å². The summed E-state index contributed by atoms with van der Waals surface area (Å²) in [4.78, 5) is 4.47. The minimum Gasteiger partial charge on any atom is -0.494 e. The van der Waals surface area contributed by atoms with Crippen LogP contribution in [-0.2, 0) is 6.54 Å². The number of benzene rings is 1. The van der Waals surface area contributed by atoms with E-state index in [2.05, 4.69) is 41.2 Å². The van der Waals surface area contributed by atoms with Gasteiger partial charge in [0.25, 0.3) is 0 Å². The Morgan fingerprint density at radius 1 is 1.04 bits per heavy atom. The normalized spacial score (nSPS) is 12.8. The molecular weight excluding hydrogens is 312 g/mol. The van der Waals surface area contributed by atoms with E-state index in [0.717, 1.165) is 38.4 Å². The van der Waals surface area contributed by atoms with Crippen molar-refractivity contribution in [3.63, 3.8) is 0 Å². The zero-order valence-electron chi connectivity index (χ0n) is 16.6. The predicted octanol–water partition coefficient (Wildman–Crippen LogP) is 2.51. The summed E-state index contributed by atoms with van der Waals surface area (Å²) >= 11 is 0. The first kappa shape index (κ1) is 21.9. The van der Waals surface area contributed by atoms with E-state index in [-0.39, 0.29) is 6.17 Å². The first-order valence-electron chi connectivity index (χ1n) is 9.55. The van der Waals surface area contributed by atoms with Crippen LogP contribution in [0.5, 0.6) is 5.75 Å². The van der Waals surface area contributed by atoms with Gasteiger partial charge in [-0.25, -0.2) is 0 Å². The molecule has 3 N–H and O–H groups in total. The number of ether oxygens (including phenoxy) is 1. The molecule has 0 aliphatic carbocycles. The van der Waals surface area contributed by atoms with Crippen molar-refractivity contribution in [2.75, 3.05) is 47.4 Å². The number of likely N-dealkylation sites (N-methyl/N-ethyl adjacent to an activating group) is 1. The lowest BCUT2D eigenvalue weighted by molar-refractivity contribution is 0.260. The van der Waals surface area contributed by atoms with E-state index in [0.29, 0.717) is 0 Å². The Labute approximate surface area is 154 Å². The van der Waals surface area contributed by atoms with Crippen LogP contribution in [0.3, 0.4) is 0 Å². The summed E-state index contributed by atoms with van der Waals surface area (Å²) in [5, 5.41) is 3.33. The largest absolute Gasteiger partial charge is 0.494 e. The third-order valence-corrected chi connectivity index (χ3v) is 4.15. The Morgan fingerprint density at radius 2 is 1.72 bits per heavy atom. The van der Waals surface area contributed by atoms with Crippen molar-refractivity contribution in [1.29, 1.82) is 0 Å². The van der Waals surface area contributed by atoms with Crippen molar-refractivity contribution >= 4 is 0 Å². The third kappa shape index (κ3) is 11.2. The fourth-order valence-electron chi connectivity index (χ4n) is 2.68. The van der Waals surface area contributed by atoms with Crippen molar-refractivity contribution in [3.05, 3.63) is 29.8 Å². The summed E-state index contributed by atoms with van der Waals surface area (Å²) in [5.41, 5.74) is 7.23. The smallest absolute Gasteiger partial charge is 0.119 e. The SMILES string of the molecule is CCCCCN(C)CCCOc1ccc(CNC(N)CN(C)C)cc1. The van der Waals surface area contributed by atoms with Crippen LogP contribution in [0, 0.1) is 0 Å². The Balaban J connectivity index is 2.17. The maximum absolute atomic E-state index is 6.01. The molecule has 1 aromatic rings. The molecule has 5 heteroatoms. The second-order valence-electron chi connectivity index (χ2n) is 7.11. The van der Waals surface area contributed by atoms with E-state index in [4.69, 9.17) is 10.5 Å². The zero-order chi connectivity index (χ0) is 18.5. The van der Waals surface area contributed by atoms with Gasteiger partial charge in [0, 0.05) is 19.6 Å². The standard InChI is InChI=1S/C20H38N4O/c1-5-6-7-13-24(4)14-8-15-25-19-11-9-18(10-12-19)16-22-20(21)17-23(2)3/h9-12,20,22H,5-8,13-17,21H2,1-4H3. The van der Waals surface area contributed by atoms with Crippen LogP contribution >= 0.6 is 0 Å². The molecule has 1 rings (SSSR count). The second-order valence-corrected chi connectivity index (χ2v) is 7.11. The molecule has 0 aliphatic heterocycles. The molecule has 1 atom stereocenters. The monoisotopic (exact) mass is 350 g/mol. The van der Waals surface area contributed by atoms with Gasteiger partial charge in [0.2, 0.25) is 0 Å². The molecule has 1 unspecified atom stereocenters. The zero-order valence-corrected chi connectivity index (χ0v) is 16.6. The summed E-state index contributed by atoms with van der Waals surface area (Å²) in [6.07, 6.45) is 4.94. The van der Waals surface area contributed by atoms with Gasteiger partial charge in [-0.1, -0.05) is 31.9 Å². The number of hydrogen-bond acceptors (Lipinski definition) is 5. The van der Waals surface area contributed by atoms with Gasteiger partial charge in [-0.05, 0) is 58.2 Å². The first-order chi connectivity index (χ1) is 12.0. The molecule has 0 aliphatic rings. The van der Waals surface area contributed by atoms with E-state index in [1.54, 1.807) is 0 Å². The molecule has 0 heterocycles. The van der Waals surface area contributed by atoms with E-state index < -0.39 is 0 Å². The van der Waals surface area contributed by atoms with Crippen molar-refractivity contribution in [3.8, 4) is 5.75 Å². The average molecular weight is 351 g/mol. The van der Waals surface area contributed by atoms with Gasteiger partial charge in [0.15, 0.2) is 0 Å². The molecule has 0 radical (unpaired) electrons. The first-order valence-corrected chi connectivity index (χ1v) is 9.55. The minimum absolute atomic E-state index is 0.0137. The Morgan fingerprint density at radius 3 is 2.36 bits per heavy atom. The van der Waals surface area contributed by atoms with Gasteiger partial charge < -0.3 is 20.3 Å². The number of rotatable bonds is 14. The second kappa shape index (κ2) is 13.1. The van der Waals surface area contributed by atoms with Crippen LogP contribution in [-0.4, -0.2) is 63.3 Å². The van der Waals surface area contributed by atoms with Crippen molar-refractivity contribution < 1.29 is 4.74 Å². The maximum atomic E-state index is 6.01. The van der Waals surface area contributed by atoms with Crippen molar-refractivity contribution in [2.45, 2.75) is 45.3 Å². The molecule has 0 amide bonds. The highest BCUT2D eigenvalue weighted by molar-refractivity contribution is 5.27. The number of nitrogens with one attached hydrogen (secondary N) is 1. The Bertz CT molecular complexity index is 436. The molecule has 1 aromatic carbocycles. The van der Waals surface area contributed by atoms with Gasteiger partial charge in [0.05, 0.1) is 12.8 Å². The lowest BCUT2D eigenvalue weighted by Crippen LogP contribution is -2.44. The van der Waals surface area contributed by atoms with Crippen LogP contribution < -0.4 is 15.8 Å². The minimum atomic E-state index is -0.0137. The third-order valence-electron chi connectivity index (χ3n) is 4.15. The van der Waals surface area contributed by atoms with E-state index in [1.807, 2.05) is 26.2 Å². The lowest BCUT2D eigenvalue weighted by Gasteiger charge is -2.18. The highest BCUT2D eigenvalue weighted by Gasteiger charge is 2.03. The quantitative estimate of drug-likeness (QED) is 0.399. The van der Waals surface area contributed by atoms with E-state index in [9.17, 15) is 0 Å². The topological polar surface area (TPSA) is 53.8 Å². The summed E-state index contributed by atoms with van der Waals surface area (Å²) < 4.78 is 5.84. The number of hydrogen-bond donors (Lipinski definition) is 2. The van der Waals surface area contributed by atoms with Gasteiger partial charge in [-0.15, -0.1) is 0 Å². The molecule has 0 fully saturated rings. The summed E-state index contributed by atoms with van der Waals surface area (Å²) in [7, 11) is 6.24. The van der Waals surface area contributed by atoms with Crippen molar-refractivity contribution in [1.82, 2.24) is 15.1 Å². The molecule has 0 bridgehead atoms. The van der Waals surface area contributed by atoms with Crippen LogP contribution in [0.25, 0.3) is 0 Å². The van der Waals surface area contributed by atoms with Crippen molar-refractivity contribution in [2.24, 2.45) is 5.73 Å². The molecule has 144 valence electrons. The fraction of sp³-hybridized carbons (Fsp3) is 0.700. The molecule has 5 nitrogen and oxygen atoms in total. The van der Waals surface area contributed by atoms with Crippen LogP contribution in [0.2, 0.25) is 0 Å². The van der Waals surface area contributed by atoms with Crippen LogP contribution in [0.1, 0.15) is 38.2 Å². The van der Waals surface area contributed by atoms with E-state index in [1.165, 1.54) is 31.4 Å². The van der Waals surface area contributed by atoms with Gasteiger partial charge in [0.1, 0.15) is 5.75 Å². The number of unbranched alkanes of at least 4 members (excludes halogenated alkanes) is 2. The van der Waals surface area contributed by atoms with Gasteiger partial charge in [-0.2, -0.15) is 0 Å². The number of nitrogens with zero attached hydrogens (tertiary/aromatic N) is 2. The summed E-state index contributed by atoms with van der Waals surface area (Å²) in [6, 6.07) is 8.28. The average Bonchev–Trinajstić information content (AvgIpc) is 2.57. The maximum Gasteiger partial charge on any atom is 0.119 e. The molecule has 0 saturated heterocycles. The predicted molar refractivity (Wildman–Crippen MR) is 107 cm³/mol. The molecule has 0 saturated carbocycles. The molecule has 0 aromatic heterocycles. The fourth-order valence-corrected chi connectivity index (χ4v) is 2.68. The Kier molecular flexibility index (Phi) is 11.5. The van der Waals surface area contributed by atoms with Crippen LogP contribution in [0.4, 0.5) is 0 Å². The Hall–Kier alpha value is -1.14.